The summed E-state index contributed by atoms with van der Waals surface area (Å²) in [6, 6.07) is 5.66. The van der Waals surface area contributed by atoms with Crippen molar-refractivity contribution in [3.8, 4) is 0 Å². The Morgan fingerprint density at radius 1 is 1.40 bits per heavy atom. The van der Waals surface area contributed by atoms with Crippen molar-refractivity contribution in [3.05, 3.63) is 33.3 Å². The standard InChI is InChI=1S/C16H23BrClNO/c1-11-5-7-19(10-12(11)2)8-6-16(20)14-4-3-13(17)9-15(14)18/h3-4,9,11-12,16,20H,5-8,10H2,1-2H3. The molecule has 3 atom stereocenters. The number of hydrogen-bond donors (Lipinski definition) is 1. The van der Waals surface area contributed by atoms with E-state index in [-0.39, 0.29) is 0 Å². The SMILES string of the molecule is CC1CCN(CCC(O)c2ccc(Br)cc2Cl)CC1C. The molecule has 1 saturated heterocycles. The average Bonchev–Trinajstić information content (AvgIpc) is 2.40. The maximum Gasteiger partial charge on any atom is 0.0816 e. The van der Waals surface area contributed by atoms with Gasteiger partial charge in [-0.25, -0.2) is 0 Å². The fraction of sp³-hybridized carbons (Fsp3) is 0.625. The first-order valence-corrected chi connectivity index (χ1v) is 8.50. The minimum absolute atomic E-state index is 0.481. The van der Waals surface area contributed by atoms with Crippen LogP contribution in [-0.4, -0.2) is 29.6 Å². The van der Waals surface area contributed by atoms with Crippen molar-refractivity contribution >= 4 is 27.5 Å². The fourth-order valence-corrected chi connectivity index (χ4v) is 3.58. The van der Waals surface area contributed by atoms with Crippen LogP contribution >= 0.6 is 27.5 Å². The summed E-state index contributed by atoms with van der Waals surface area (Å²) in [4.78, 5) is 2.46. The van der Waals surface area contributed by atoms with Crippen LogP contribution in [0.3, 0.4) is 0 Å². The molecule has 1 aromatic rings. The highest BCUT2D eigenvalue weighted by Crippen LogP contribution is 2.29. The highest BCUT2D eigenvalue weighted by molar-refractivity contribution is 9.10. The van der Waals surface area contributed by atoms with Crippen molar-refractivity contribution in [1.29, 1.82) is 0 Å². The Hall–Kier alpha value is -0.0900. The Balaban J connectivity index is 1.87. The second kappa shape index (κ2) is 7.26. The van der Waals surface area contributed by atoms with Crippen LogP contribution in [0.25, 0.3) is 0 Å². The number of benzene rings is 1. The van der Waals surface area contributed by atoms with E-state index in [2.05, 4.69) is 34.7 Å². The molecule has 4 heteroatoms. The Morgan fingerprint density at radius 2 is 2.15 bits per heavy atom. The van der Waals surface area contributed by atoms with Crippen molar-refractivity contribution in [2.24, 2.45) is 11.8 Å². The third-order valence-corrected chi connectivity index (χ3v) is 5.28. The summed E-state index contributed by atoms with van der Waals surface area (Å²) in [6.45, 7) is 7.87. The Bertz CT molecular complexity index is 454. The van der Waals surface area contributed by atoms with Gasteiger partial charge in [-0.2, -0.15) is 0 Å². The maximum absolute atomic E-state index is 10.3. The number of piperidine rings is 1. The third kappa shape index (κ3) is 4.20. The van der Waals surface area contributed by atoms with E-state index in [0.717, 1.165) is 47.9 Å². The lowest BCUT2D eigenvalue weighted by molar-refractivity contribution is 0.103. The highest BCUT2D eigenvalue weighted by Gasteiger charge is 2.23. The van der Waals surface area contributed by atoms with Crippen LogP contribution in [0.5, 0.6) is 0 Å². The molecule has 1 aliphatic rings. The van der Waals surface area contributed by atoms with Crippen molar-refractivity contribution in [1.82, 2.24) is 4.90 Å². The van der Waals surface area contributed by atoms with Crippen LogP contribution in [0.15, 0.2) is 22.7 Å². The Morgan fingerprint density at radius 3 is 2.80 bits per heavy atom. The molecule has 2 nitrogen and oxygen atoms in total. The molecule has 1 aromatic carbocycles. The number of nitrogens with zero attached hydrogens (tertiary/aromatic N) is 1. The lowest BCUT2D eigenvalue weighted by atomic mass is 9.88. The zero-order chi connectivity index (χ0) is 14.7. The van der Waals surface area contributed by atoms with Crippen LogP contribution in [0.4, 0.5) is 0 Å². The zero-order valence-corrected chi connectivity index (χ0v) is 14.5. The van der Waals surface area contributed by atoms with Gasteiger partial charge in [-0.3, -0.25) is 0 Å². The molecule has 2 rings (SSSR count). The number of likely N-dealkylation sites (tertiary alicyclic amines) is 1. The summed E-state index contributed by atoms with van der Waals surface area (Å²) in [5.74, 6) is 1.56. The molecule has 0 amide bonds. The molecule has 0 aromatic heterocycles. The molecular weight excluding hydrogens is 338 g/mol. The maximum atomic E-state index is 10.3. The van der Waals surface area contributed by atoms with Gasteiger partial charge in [0, 0.05) is 22.6 Å². The average molecular weight is 361 g/mol. The molecule has 0 aliphatic carbocycles. The van der Waals surface area contributed by atoms with E-state index in [1.807, 2.05) is 18.2 Å². The van der Waals surface area contributed by atoms with Crippen LogP contribution < -0.4 is 0 Å². The predicted octanol–water partition coefficient (Wildman–Crippen LogP) is 4.50. The van der Waals surface area contributed by atoms with Gasteiger partial charge in [0.15, 0.2) is 0 Å². The molecular formula is C16H23BrClNO. The van der Waals surface area contributed by atoms with Crippen molar-refractivity contribution < 1.29 is 5.11 Å². The minimum Gasteiger partial charge on any atom is -0.388 e. The van der Waals surface area contributed by atoms with E-state index in [0.29, 0.717) is 5.02 Å². The number of aliphatic hydroxyl groups excluding tert-OH is 1. The van der Waals surface area contributed by atoms with Gasteiger partial charge in [-0.15, -0.1) is 0 Å². The molecule has 112 valence electrons. The lowest BCUT2D eigenvalue weighted by Crippen LogP contribution is -2.39. The summed E-state index contributed by atoms with van der Waals surface area (Å²) in [5, 5.41) is 10.9. The van der Waals surface area contributed by atoms with Gasteiger partial charge in [0.2, 0.25) is 0 Å². The van der Waals surface area contributed by atoms with E-state index in [4.69, 9.17) is 11.6 Å². The number of aliphatic hydroxyl groups is 1. The molecule has 1 fully saturated rings. The Kier molecular flexibility index (Phi) is 5.91. The second-order valence-corrected chi connectivity index (χ2v) is 7.34. The molecule has 1 heterocycles. The lowest BCUT2D eigenvalue weighted by Gasteiger charge is -2.35. The van der Waals surface area contributed by atoms with Crippen molar-refractivity contribution in [2.45, 2.75) is 32.8 Å². The largest absolute Gasteiger partial charge is 0.388 e. The molecule has 0 spiro atoms. The van der Waals surface area contributed by atoms with Gasteiger partial charge in [0.05, 0.1) is 6.10 Å². The fourth-order valence-electron chi connectivity index (χ4n) is 2.78. The van der Waals surface area contributed by atoms with Gasteiger partial charge >= 0.3 is 0 Å². The van der Waals surface area contributed by atoms with Gasteiger partial charge in [-0.1, -0.05) is 47.4 Å². The van der Waals surface area contributed by atoms with Crippen molar-refractivity contribution in [2.75, 3.05) is 19.6 Å². The number of halogens is 2. The van der Waals surface area contributed by atoms with E-state index >= 15 is 0 Å². The summed E-state index contributed by atoms with van der Waals surface area (Å²) < 4.78 is 0.942. The number of hydrogen-bond acceptors (Lipinski definition) is 2. The van der Waals surface area contributed by atoms with E-state index in [9.17, 15) is 5.11 Å². The molecule has 20 heavy (non-hydrogen) atoms. The van der Waals surface area contributed by atoms with Crippen LogP contribution in [0.2, 0.25) is 5.02 Å². The van der Waals surface area contributed by atoms with Crippen LogP contribution in [0.1, 0.15) is 38.4 Å². The van der Waals surface area contributed by atoms with Crippen LogP contribution in [-0.2, 0) is 0 Å². The van der Waals surface area contributed by atoms with Gasteiger partial charge in [-0.05, 0) is 48.9 Å². The first-order valence-electron chi connectivity index (χ1n) is 7.32. The summed E-state index contributed by atoms with van der Waals surface area (Å²) in [5.41, 5.74) is 0.827. The first-order chi connectivity index (χ1) is 9.47. The van der Waals surface area contributed by atoms with Crippen molar-refractivity contribution in [3.63, 3.8) is 0 Å². The van der Waals surface area contributed by atoms with E-state index in [1.165, 1.54) is 6.42 Å². The van der Waals surface area contributed by atoms with E-state index < -0.39 is 6.10 Å². The molecule has 1 aliphatic heterocycles. The normalized spacial score (nSPS) is 25.6. The topological polar surface area (TPSA) is 23.5 Å². The quantitative estimate of drug-likeness (QED) is 0.854. The monoisotopic (exact) mass is 359 g/mol. The molecule has 3 unspecified atom stereocenters. The highest BCUT2D eigenvalue weighted by atomic mass is 79.9. The molecule has 0 saturated carbocycles. The summed E-state index contributed by atoms with van der Waals surface area (Å²) >= 11 is 9.57. The van der Waals surface area contributed by atoms with Gasteiger partial charge < -0.3 is 10.0 Å². The van der Waals surface area contributed by atoms with E-state index in [1.54, 1.807) is 0 Å². The summed E-state index contributed by atoms with van der Waals surface area (Å²) in [7, 11) is 0. The van der Waals surface area contributed by atoms with Gasteiger partial charge in [0.25, 0.3) is 0 Å². The van der Waals surface area contributed by atoms with Crippen LogP contribution in [0, 0.1) is 11.8 Å². The zero-order valence-electron chi connectivity index (χ0n) is 12.1. The molecule has 0 radical (unpaired) electrons. The predicted molar refractivity (Wildman–Crippen MR) is 88.1 cm³/mol. The Labute approximate surface area is 135 Å². The second-order valence-electron chi connectivity index (χ2n) is 6.01. The minimum atomic E-state index is -0.481. The van der Waals surface area contributed by atoms with Gasteiger partial charge in [0.1, 0.15) is 0 Å². The third-order valence-electron chi connectivity index (χ3n) is 4.46. The number of rotatable bonds is 4. The molecule has 0 bridgehead atoms. The molecule has 1 N–H and O–H groups in total. The smallest absolute Gasteiger partial charge is 0.0816 e. The first kappa shape index (κ1) is 16.3. The summed E-state index contributed by atoms with van der Waals surface area (Å²) in [6.07, 6.45) is 1.52.